The largest absolute Gasteiger partial charge is 0.342 e. The monoisotopic (exact) mass is 462 g/mol. The molecule has 1 fully saturated rings. The van der Waals surface area contributed by atoms with E-state index in [-0.39, 0.29) is 0 Å². The molecule has 0 bridgehead atoms. The van der Waals surface area contributed by atoms with Crippen LogP contribution in [0.3, 0.4) is 0 Å². The molecule has 3 heterocycles. The van der Waals surface area contributed by atoms with Crippen molar-refractivity contribution in [1.29, 1.82) is 5.26 Å². The van der Waals surface area contributed by atoms with Gasteiger partial charge in [-0.05, 0) is 51.6 Å². The fraction of sp³-hybridized carbons (Fsp3) is 0.276. The number of allylic oxidation sites excluding steroid dienone is 8. The summed E-state index contributed by atoms with van der Waals surface area (Å²) in [4.78, 5) is 14.8. The molecule has 0 saturated carbocycles. The zero-order chi connectivity index (χ0) is 24.4. The van der Waals surface area contributed by atoms with E-state index in [2.05, 4.69) is 77.7 Å². The maximum atomic E-state index is 9.30. The Kier molecular flexibility index (Phi) is 6.35. The Hall–Kier alpha value is -3.95. The second kappa shape index (κ2) is 9.73. The van der Waals surface area contributed by atoms with Gasteiger partial charge in [0.05, 0.1) is 22.9 Å². The van der Waals surface area contributed by atoms with Crippen molar-refractivity contribution in [3.8, 4) is 17.3 Å². The minimum absolute atomic E-state index is 0.593. The van der Waals surface area contributed by atoms with Gasteiger partial charge in [-0.2, -0.15) is 5.26 Å². The van der Waals surface area contributed by atoms with Crippen molar-refractivity contribution in [3.63, 3.8) is 0 Å². The number of hydrogen-bond acceptors (Lipinski definition) is 5. The molecule has 0 atom stereocenters. The van der Waals surface area contributed by atoms with E-state index in [0.29, 0.717) is 11.6 Å². The topological polar surface area (TPSA) is 60.5 Å². The van der Waals surface area contributed by atoms with Crippen LogP contribution in [0.15, 0.2) is 78.7 Å². The number of fused-ring (bicyclic) bond motifs is 1. The third-order valence-electron chi connectivity index (χ3n) is 6.85. The van der Waals surface area contributed by atoms with Crippen LogP contribution in [0.25, 0.3) is 22.5 Å². The van der Waals surface area contributed by atoms with Crippen LogP contribution in [0.1, 0.15) is 30.9 Å². The van der Waals surface area contributed by atoms with Gasteiger partial charge in [0.2, 0.25) is 5.95 Å². The van der Waals surface area contributed by atoms with Gasteiger partial charge < -0.3 is 9.80 Å². The van der Waals surface area contributed by atoms with E-state index in [1.807, 2.05) is 36.7 Å². The molecular formula is C29H30N6. The van der Waals surface area contributed by atoms with E-state index in [1.54, 1.807) is 0 Å². The van der Waals surface area contributed by atoms with Crippen molar-refractivity contribution < 1.29 is 0 Å². The maximum absolute atomic E-state index is 9.30. The number of nitriles is 1. The third kappa shape index (κ3) is 4.55. The van der Waals surface area contributed by atoms with Crippen LogP contribution < -0.4 is 4.90 Å². The van der Waals surface area contributed by atoms with E-state index >= 15 is 0 Å². The van der Waals surface area contributed by atoms with Crippen molar-refractivity contribution in [2.75, 3.05) is 32.1 Å². The van der Waals surface area contributed by atoms with Crippen molar-refractivity contribution in [2.45, 2.75) is 25.8 Å². The second-order valence-corrected chi connectivity index (χ2v) is 9.38. The summed E-state index contributed by atoms with van der Waals surface area (Å²) >= 11 is 0. The van der Waals surface area contributed by atoms with Crippen molar-refractivity contribution >= 4 is 17.2 Å². The lowest BCUT2D eigenvalue weighted by atomic mass is 9.97. The highest BCUT2D eigenvalue weighted by molar-refractivity contribution is 5.92. The highest BCUT2D eigenvalue weighted by Crippen LogP contribution is 2.35. The molecule has 6 heteroatoms. The molecule has 1 saturated heterocycles. The predicted octanol–water partition coefficient (Wildman–Crippen LogP) is 5.25. The molecule has 0 amide bonds. The lowest BCUT2D eigenvalue weighted by molar-refractivity contribution is 0.249. The number of piperidine rings is 1. The molecule has 35 heavy (non-hydrogen) atoms. The van der Waals surface area contributed by atoms with Crippen molar-refractivity contribution in [2.24, 2.45) is 0 Å². The Balaban J connectivity index is 1.68. The Labute approximate surface area is 206 Å². The fourth-order valence-electron chi connectivity index (χ4n) is 4.83. The first-order valence-electron chi connectivity index (χ1n) is 12.1. The fourth-order valence-corrected chi connectivity index (χ4v) is 4.83. The van der Waals surface area contributed by atoms with E-state index < -0.39 is 0 Å². The van der Waals surface area contributed by atoms with Crippen LogP contribution in [0, 0.1) is 11.3 Å². The van der Waals surface area contributed by atoms with E-state index in [1.165, 1.54) is 5.57 Å². The average molecular weight is 463 g/mol. The molecule has 6 nitrogen and oxygen atoms in total. The number of anilines is 1. The summed E-state index contributed by atoms with van der Waals surface area (Å²) in [5.41, 5.74) is 6.60. The molecule has 3 aromatic rings. The zero-order valence-electron chi connectivity index (χ0n) is 20.5. The molecule has 1 aliphatic carbocycles. The normalized spacial score (nSPS) is 21.5. The summed E-state index contributed by atoms with van der Waals surface area (Å²) in [6.45, 7) is 3.99. The molecule has 1 aliphatic heterocycles. The van der Waals surface area contributed by atoms with E-state index in [0.717, 1.165) is 59.9 Å². The lowest BCUT2D eigenvalue weighted by Gasteiger charge is -2.36. The highest BCUT2D eigenvalue weighted by atomic mass is 15.3. The number of benzene rings is 1. The predicted molar refractivity (Wildman–Crippen MR) is 142 cm³/mol. The highest BCUT2D eigenvalue weighted by Gasteiger charge is 2.26. The summed E-state index contributed by atoms with van der Waals surface area (Å²) in [5.74, 6) is 0.916. The molecule has 0 radical (unpaired) electrons. The summed E-state index contributed by atoms with van der Waals surface area (Å²) in [6, 6.07) is 10.5. The van der Waals surface area contributed by atoms with E-state index in [9.17, 15) is 5.26 Å². The number of nitrogens with zero attached hydrogens (tertiary/aromatic N) is 6. The summed E-state index contributed by atoms with van der Waals surface area (Å²) < 4.78 is 2.12. The molecule has 2 aliphatic rings. The molecule has 176 valence electrons. The standard InChI is InChI=1S/C29H30N6/c1-21-6-4-8-23(9-5-7-21)26-27(24-12-10-22(20-30)11-13-24)32-29(35-19-16-31-28(26)35)34-17-14-25(15-18-34)33(2)3/h4-13,16,19,25H,14-15,17-18H2,1-3H3/b6-4-,7-5?,8-4?,9-5-,21-6?,21-7-,23-8+,23-9?. The molecule has 0 spiro atoms. The van der Waals surface area contributed by atoms with Crippen LogP contribution in [0.2, 0.25) is 0 Å². The minimum Gasteiger partial charge on any atom is -0.342 e. The number of hydrogen-bond donors (Lipinski definition) is 0. The zero-order valence-corrected chi connectivity index (χ0v) is 20.5. The van der Waals surface area contributed by atoms with Gasteiger partial charge in [-0.3, -0.25) is 4.40 Å². The van der Waals surface area contributed by atoms with Gasteiger partial charge in [0.1, 0.15) is 5.65 Å². The number of rotatable bonds is 4. The van der Waals surface area contributed by atoms with Crippen molar-refractivity contribution in [3.05, 3.63) is 89.8 Å². The Morgan fingerprint density at radius 2 is 1.77 bits per heavy atom. The first-order valence-corrected chi connectivity index (χ1v) is 12.1. The molecule has 0 N–H and O–H groups in total. The summed E-state index contributed by atoms with van der Waals surface area (Å²) in [5, 5.41) is 9.30. The molecule has 2 aromatic heterocycles. The molecular weight excluding hydrogens is 432 g/mol. The van der Waals surface area contributed by atoms with Gasteiger partial charge >= 0.3 is 0 Å². The van der Waals surface area contributed by atoms with Crippen LogP contribution in [0.4, 0.5) is 5.95 Å². The first-order chi connectivity index (χ1) is 17.0. The molecule has 1 aromatic carbocycles. The van der Waals surface area contributed by atoms with Gasteiger partial charge in [0, 0.05) is 37.1 Å². The maximum Gasteiger partial charge on any atom is 0.211 e. The Morgan fingerprint density at radius 3 is 2.49 bits per heavy atom. The Bertz CT molecular complexity index is 1390. The van der Waals surface area contributed by atoms with E-state index in [4.69, 9.17) is 9.97 Å². The van der Waals surface area contributed by atoms with Gasteiger partial charge in [-0.1, -0.05) is 54.2 Å². The number of imidazole rings is 1. The van der Waals surface area contributed by atoms with Crippen LogP contribution >= 0.6 is 0 Å². The SMILES string of the molecule is CC1=C/C=C\C(c2c(-c3ccc(C#N)cc3)nc(N3CCC(N(C)C)CC3)n3ccnc23)=C/C=C\1. The lowest BCUT2D eigenvalue weighted by Crippen LogP contribution is -2.43. The molecule has 0 unspecified atom stereocenters. The van der Waals surface area contributed by atoms with Gasteiger partial charge in [-0.25, -0.2) is 9.97 Å². The quantitative estimate of drug-likeness (QED) is 0.530. The van der Waals surface area contributed by atoms with Crippen LogP contribution in [0.5, 0.6) is 0 Å². The average Bonchev–Trinajstić information content (AvgIpc) is 3.35. The summed E-state index contributed by atoms with van der Waals surface area (Å²) in [6.07, 6.45) is 18.7. The summed E-state index contributed by atoms with van der Waals surface area (Å²) in [7, 11) is 4.32. The minimum atomic E-state index is 0.593. The van der Waals surface area contributed by atoms with Crippen molar-refractivity contribution in [1.82, 2.24) is 19.3 Å². The van der Waals surface area contributed by atoms with Gasteiger partial charge in [0.25, 0.3) is 0 Å². The van der Waals surface area contributed by atoms with Crippen LogP contribution in [-0.2, 0) is 0 Å². The van der Waals surface area contributed by atoms with Gasteiger partial charge in [0.15, 0.2) is 0 Å². The molecule has 5 rings (SSSR count). The third-order valence-corrected chi connectivity index (χ3v) is 6.85. The van der Waals surface area contributed by atoms with Crippen LogP contribution in [-0.4, -0.2) is 52.5 Å². The van der Waals surface area contributed by atoms with Gasteiger partial charge in [-0.15, -0.1) is 0 Å². The second-order valence-electron chi connectivity index (χ2n) is 9.38. The smallest absolute Gasteiger partial charge is 0.211 e. The first kappa shape index (κ1) is 22.8. The number of aromatic nitrogens is 3. The Morgan fingerprint density at radius 1 is 1.03 bits per heavy atom.